The number of cyclic esters (lactones) is 1. The van der Waals surface area contributed by atoms with Crippen molar-refractivity contribution in [3.63, 3.8) is 0 Å². The molecule has 0 spiro atoms. The fraction of sp³-hybridized carbons (Fsp3) is 0.600. The van der Waals surface area contributed by atoms with Gasteiger partial charge in [0.25, 0.3) is 0 Å². The molecule has 0 bridgehead atoms. The average Bonchev–Trinajstić information content (AvgIpc) is 3.79. The normalized spacial score (nSPS) is 39.5. The van der Waals surface area contributed by atoms with E-state index in [-0.39, 0.29) is 37.3 Å². The molecule has 0 saturated carbocycles. The van der Waals surface area contributed by atoms with E-state index in [1.54, 1.807) is 31.2 Å². The standard InChI is InChI=1S/C35H40O19/c1-11-46-9-20-30(50-11)25(38)27(40)34(51-20)52-28-14-7-17-16(48-10-49-17)6-13(14)21(22-15(28)8-47-33(22)43)12-4-18(44-2)29(19(5-12)45-3)53-35-26(39)23(36)24(37)31(54-35)32(41)42/h4-7,11,15,20-28,30-31,34-40H,8-10H2,1-3H3,(H,41,42)/t11-,15+,20?,21-,22+,23-,24-,25-,26+,27-,28-,30?,31-,34+,35+/m1/s1. The number of aliphatic hydroxyl groups is 5. The molecule has 5 aliphatic heterocycles. The number of methoxy groups -OCH3 is 2. The third-order valence-corrected chi connectivity index (χ3v) is 10.8. The van der Waals surface area contributed by atoms with Crippen LogP contribution in [-0.2, 0) is 38.0 Å². The lowest BCUT2D eigenvalue weighted by molar-refractivity contribution is -0.364. The Hall–Kier alpha value is -4.02. The number of rotatable bonds is 8. The summed E-state index contributed by atoms with van der Waals surface area (Å²) in [7, 11) is 2.65. The summed E-state index contributed by atoms with van der Waals surface area (Å²) in [6.45, 7) is 1.64. The van der Waals surface area contributed by atoms with Crippen molar-refractivity contribution in [1.29, 1.82) is 0 Å². The third kappa shape index (κ3) is 6.08. The number of hydrogen-bond donors (Lipinski definition) is 6. The molecule has 19 nitrogen and oxygen atoms in total. The van der Waals surface area contributed by atoms with Crippen LogP contribution in [0.2, 0.25) is 0 Å². The number of carbonyl (C=O) groups is 2. The highest BCUT2D eigenvalue weighted by molar-refractivity contribution is 5.79. The summed E-state index contributed by atoms with van der Waals surface area (Å²) in [5.74, 6) is -3.73. The SMILES string of the molecule is COc1cc([C@@H]2c3cc4c(cc3[C@@H](O[C@@H]3OC5CO[C@@H](C)OC5[C@H](O)[C@H]3O)[C@H]3COC(=O)[C@H]23)OCO4)cc(OC)c1O[C@H]1O[C@@H](C(=O)O)[C@H](O)[C@@H](O)[C@@H]1O. The first-order chi connectivity index (χ1) is 25.9. The van der Waals surface area contributed by atoms with Crippen molar-refractivity contribution < 1.29 is 92.3 Å². The molecule has 4 fully saturated rings. The smallest absolute Gasteiger partial charge is 0.335 e. The van der Waals surface area contributed by atoms with Gasteiger partial charge < -0.3 is 82.7 Å². The number of aliphatic hydroxyl groups excluding tert-OH is 5. The fourth-order valence-electron chi connectivity index (χ4n) is 8.10. The Labute approximate surface area is 306 Å². The largest absolute Gasteiger partial charge is 0.493 e. The predicted octanol–water partition coefficient (Wildman–Crippen LogP) is -1.10. The van der Waals surface area contributed by atoms with E-state index in [4.69, 9.17) is 52.1 Å². The molecule has 2 aromatic rings. The van der Waals surface area contributed by atoms with Crippen LogP contribution in [0.5, 0.6) is 28.7 Å². The third-order valence-electron chi connectivity index (χ3n) is 10.8. The van der Waals surface area contributed by atoms with Crippen molar-refractivity contribution in [2.24, 2.45) is 11.8 Å². The lowest BCUT2D eigenvalue weighted by Gasteiger charge is -2.47. The van der Waals surface area contributed by atoms with Gasteiger partial charge >= 0.3 is 11.9 Å². The number of fused-ring (bicyclic) bond motifs is 4. The molecule has 15 atom stereocenters. The maximum atomic E-state index is 13.7. The van der Waals surface area contributed by atoms with Crippen LogP contribution in [0.4, 0.5) is 0 Å². The second-order valence-corrected chi connectivity index (χ2v) is 13.8. The van der Waals surface area contributed by atoms with Crippen molar-refractivity contribution in [3.05, 3.63) is 41.0 Å². The Morgan fingerprint density at radius 1 is 0.778 bits per heavy atom. The fourth-order valence-corrected chi connectivity index (χ4v) is 8.10. The van der Waals surface area contributed by atoms with Gasteiger partial charge in [-0.2, -0.15) is 0 Å². The summed E-state index contributed by atoms with van der Waals surface area (Å²) in [5.41, 5.74) is 1.60. The Morgan fingerprint density at radius 3 is 2.11 bits per heavy atom. The van der Waals surface area contributed by atoms with Gasteiger partial charge in [0, 0.05) is 11.8 Å². The van der Waals surface area contributed by atoms with Crippen LogP contribution in [0.15, 0.2) is 24.3 Å². The quantitative estimate of drug-likeness (QED) is 0.175. The van der Waals surface area contributed by atoms with Gasteiger partial charge in [-0.25, -0.2) is 4.79 Å². The van der Waals surface area contributed by atoms with Crippen molar-refractivity contribution >= 4 is 11.9 Å². The second kappa shape index (κ2) is 14.2. The number of esters is 1. The van der Waals surface area contributed by atoms with Crippen LogP contribution in [0.1, 0.15) is 35.6 Å². The number of carboxylic acids is 1. The van der Waals surface area contributed by atoms with Gasteiger partial charge in [0.2, 0.25) is 18.8 Å². The van der Waals surface area contributed by atoms with E-state index in [2.05, 4.69) is 0 Å². The minimum Gasteiger partial charge on any atom is -0.493 e. The van der Waals surface area contributed by atoms with Gasteiger partial charge in [-0.15, -0.1) is 0 Å². The first-order valence-corrected chi connectivity index (χ1v) is 17.3. The molecule has 54 heavy (non-hydrogen) atoms. The molecule has 6 N–H and O–H groups in total. The van der Waals surface area contributed by atoms with Gasteiger partial charge in [-0.3, -0.25) is 4.79 Å². The molecule has 0 radical (unpaired) electrons. The minimum absolute atomic E-state index is 0.0183. The Bertz CT molecular complexity index is 1740. The molecule has 294 valence electrons. The number of ether oxygens (including phenoxy) is 11. The molecular formula is C35H40O19. The van der Waals surface area contributed by atoms with E-state index in [1.807, 2.05) is 0 Å². The predicted molar refractivity (Wildman–Crippen MR) is 172 cm³/mol. The molecule has 2 unspecified atom stereocenters. The molecule has 19 heteroatoms. The van der Waals surface area contributed by atoms with Crippen LogP contribution in [0.25, 0.3) is 0 Å². The Morgan fingerprint density at radius 2 is 1.44 bits per heavy atom. The van der Waals surface area contributed by atoms with Crippen LogP contribution in [0.3, 0.4) is 0 Å². The summed E-state index contributed by atoms with van der Waals surface area (Å²) in [4.78, 5) is 25.4. The molecule has 8 rings (SSSR count). The molecule has 6 aliphatic rings. The van der Waals surface area contributed by atoms with Crippen LogP contribution < -0.4 is 23.7 Å². The van der Waals surface area contributed by atoms with Crippen LogP contribution in [-0.4, -0.2) is 145 Å². The van der Waals surface area contributed by atoms with E-state index in [0.29, 0.717) is 28.2 Å². The Balaban J connectivity index is 1.17. The van der Waals surface area contributed by atoms with E-state index < -0.39 is 103 Å². The summed E-state index contributed by atoms with van der Waals surface area (Å²) in [6, 6.07) is 6.57. The molecule has 4 saturated heterocycles. The first-order valence-electron chi connectivity index (χ1n) is 17.3. The zero-order valence-electron chi connectivity index (χ0n) is 29.1. The van der Waals surface area contributed by atoms with Gasteiger partial charge in [0.05, 0.1) is 39.5 Å². The monoisotopic (exact) mass is 764 g/mol. The topological polar surface area (TPSA) is 257 Å². The van der Waals surface area contributed by atoms with E-state index in [9.17, 15) is 40.2 Å². The minimum atomic E-state index is -1.94. The number of carboxylic acid groups (broad SMARTS) is 1. The maximum Gasteiger partial charge on any atom is 0.335 e. The molecule has 2 aromatic carbocycles. The molecule has 5 heterocycles. The van der Waals surface area contributed by atoms with Gasteiger partial charge in [0.1, 0.15) is 42.7 Å². The zero-order valence-corrected chi connectivity index (χ0v) is 29.1. The lowest BCUT2D eigenvalue weighted by atomic mass is 9.66. The van der Waals surface area contributed by atoms with Gasteiger partial charge in [0.15, 0.2) is 41.7 Å². The van der Waals surface area contributed by atoms with Crippen molar-refractivity contribution in [2.75, 3.05) is 34.2 Å². The van der Waals surface area contributed by atoms with Crippen molar-refractivity contribution in [1.82, 2.24) is 0 Å². The highest BCUT2D eigenvalue weighted by atomic mass is 16.8. The summed E-state index contributed by atoms with van der Waals surface area (Å²) in [5, 5.41) is 62.9. The highest BCUT2D eigenvalue weighted by Crippen LogP contribution is 2.57. The summed E-state index contributed by atoms with van der Waals surface area (Å²) in [6.07, 6.45) is -16.8. The lowest BCUT2D eigenvalue weighted by Crippen LogP contribution is -2.63. The van der Waals surface area contributed by atoms with E-state index in [1.165, 1.54) is 14.2 Å². The highest BCUT2D eigenvalue weighted by Gasteiger charge is 2.56. The van der Waals surface area contributed by atoms with E-state index >= 15 is 0 Å². The maximum absolute atomic E-state index is 13.7. The van der Waals surface area contributed by atoms with E-state index in [0.717, 1.165) is 0 Å². The zero-order chi connectivity index (χ0) is 38.2. The molecule has 0 aromatic heterocycles. The average molecular weight is 765 g/mol. The van der Waals surface area contributed by atoms with Gasteiger partial charge in [-0.1, -0.05) is 0 Å². The molecule has 0 amide bonds. The summed E-state index contributed by atoms with van der Waals surface area (Å²) < 4.78 is 63.5. The molecular weight excluding hydrogens is 724 g/mol. The number of benzene rings is 2. The van der Waals surface area contributed by atoms with Crippen molar-refractivity contribution in [3.8, 4) is 28.7 Å². The second-order valence-electron chi connectivity index (χ2n) is 13.8. The number of aliphatic carboxylic acids is 1. The number of hydrogen-bond acceptors (Lipinski definition) is 18. The number of carbonyl (C=O) groups excluding carboxylic acids is 1. The summed E-state index contributed by atoms with van der Waals surface area (Å²) >= 11 is 0. The van der Waals surface area contributed by atoms with Crippen molar-refractivity contribution in [2.45, 2.75) is 86.6 Å². The molecule has 1 aliphatic carbocycles. The van der Waals surface area contributed by atoms with Crippen LogP contribution >= 0.6 is 0 Å². The van der Waals surface area contributed by atoms with Crippen LogP contribution in [0, 0.1) is 11.8 Å². The van der Waals surface area contributed by atoms with Gasteiger partial charge in [-0.05, 0) is 47.9 Å². The first kappa shape index (κ1) is 36.9. The Kier molecular flexibility index (Phi) is 9.74.